The maximum atomic E-state index is 9.77. The first-order valence-electron chi connectivity index (χ1n) is 6.15. The van der Waals surface area contributed by atoms with Gasteiger partial charge in [0, 0.05) is 13.1 Å². The highest BCUT2D eigenvalue weighted by Crippen LogP contribution is 2.37. The molecular weight excluding hydrogens is 188 g/mol. The Morgan fingerprint density at radius 1 is 1.27 bits per heavy atom. The maximum Gasteiger partial charge on any atom is 0.0718 e. The van der Waals surface area contributed by atoms with Crippen molar-refractivity contribution in [3.8, 4) is 0 Å². The maximum absolute atomic E-state index is 9.77. The standard InChI is InChI=1S/C12H24N2O/c1-11(2,15)10-14-7-4-12(5-8-14)3-6-13-9-12/h13,15H,3-10H2,1-2H3. The fourth-order valence-corrected chi connectivity index (χ4v) is 2.95. The van der Waals surface area contributed by atoms with Gasteiger partial charge in [-0.1, -0.05) is 0 Å². The topological polar surface area (TPSA) is 35.5 Å². The molecule has 2 fully saturated rings. The van der Waals surface area contributed by atoms with Crippen LogP contribution in [0.25, 0.3) is 0 Å². The lowest BCUT2D eigenvalue weighted by Crippen LogP contribution is -2.46. The molecule has 0 atom stereocenters. The minimum absolute atomic E-state index is 0.543. The van der Waals surface area contributed by atoms with E-state index in [1.54, 1.807) is 0 Å². The zero-order chi connectivity index (χ0) is 10.9. The van der Waals surface area contributed by atoms with Crippen LogP contribution in [-0.2, 0) is 0 Å². The number of piperidine rings is 1. The van der Waals surface area contributed by atoms with Crippen LogP contribution in [-0.4, -0.2) is 48.3 Å². The molecule has 0 aromatic heterocycles. The molecule has 2 aliphatic rings. The first-order valence-corrected chi connectivity index (χ1v) is 6.15. The number of hydrogen-bond acceptors (Lipinski definition) is 3. The second-order valence-corrected chi connectivity index (χ2v) is 6.02. The van der Waals surface area contributed by atoms with E-state index in [2.05, 4.69) is 10.2 Å². The van der Waals surface area contributed by atoms with Crippen molar-refractivity contribution in [3.63, 3.8) is 0 Å². The van der Waals surface area contributed by atoms with Gasteiger partial charge in [-0.05, 0) is 58.2 Å². The molecule has 0 aromatic carbocycles. The van der Waals surface area contributed by atoms with Gasteiger partial charge >= 0.3 is 0 Å². The number of aliphatic hydroxyl groups is 1. The van der Waals surface area contributed by atoms with Gasteiger partial charge < -0.3 is 15.3 Å². The van der Waals surface area contributed by atoms with Gasteiger partial charge in [0.25, 0.3) is 0 Å². The molecule has 0 bridgehead atoms. The van der Waals surface area contributed by atoms with E-state index in [1.807, 2.05) is 13.8 Å². The van der Waals surface area contributed by atoms with Crippen molar-refractivity contribution in [1.82, 2.24) is 10.2 Å². The summed E-state index contributed by atoms with van der Waals surface area (Å²) in [6.45, 7) is 9.34. The predicted octanol–water partition coefficient (Wildman–Crippen LogP) is 0.833. The van der Waals surface area contributed by atoms with Gasteiger partial charge in [-0.25, -0.2) is 0 Å². The quantitative estimate of drug-likeness (QED) is 0.712. The van der Waals surface area contributed by atoms with E-state index in [1.165, 1.54) is 32.4 Å². The summed E-state index contributed by atoms with van der Waals surface area (Å²) in [5.41, 5.74) is 0.0501. The first kappa shape index (κ1) is 11.4. The summed E-state index contributed by atoms with van der Waals surface area (Å²) in [5.74, 6) is 0. The van der Waals surface area contributed by atoms with Crippen LogP contribution in [0, 0.1) is 5.41 Å². The Morgan fingerprint density at radius 3 is 2.40 bits per heavy atom. The average molecular weight is 212 g/mol. The summed E-state index contributed by atoms with van der Waals surface area (Å²) >= 11 is 0. The van der Waals surface area contributed by atoms with Gasteiger partial charge in [0.15, 0.2) is 0 Å². The third-order valence-electron chi connectivity index (χ3n) is 3.86. The van der Waals surface area contributed by atoms with E-state index in [4.69, 9.17) is 0 Å². The lowest BCUT2D eigenvalue weighted by atomic mass is 9.77. The average Bonchev–Trinajstić information content (AvgIpc) is 2.56. The number of hydrogen-bond donors (Lipinski definition) is 2. The van der Waals surface area contributed by atoms with E-state index < -0.39 is 5.60 Å². The molecule has 88 valence electrons. The number of likely N-dealkylation sites (tertiary alicyclic amines) is 1. The fourth-order valence-electron chi connectivity index (χ4n) is 2.95. The molecule has 2 rings (SSSR count). The Labute approximate surface area is 92.8 Å². The molecule has 3 nitrogen and oxygen atoms in total. The molecule has 0 unspecified atom stereocenters. The molecule has 2 aliphatic heterocycles. The Balaban J connectivity index is 1.81. The monoisotopic (exact) mass is 212 g/mol. The van der Waals surface area contributed by atoms with Gasteiger partial charge in [0.05, 0.1) is 5.60 Å². The van der Waals surface area contributed by atoms with Crippen molar-refractivity contribution in [1.29, 1.82) is 0 Å². The van der Waals surface area contributed by atoms with Crippen LogP contribution >= 0.6 is 0 Å². The van der Waals surface area contributed by atoms with Crippen LogP contribution in [0.2, 0.25) is 0 Å². The summed E-state index contributed by atoms with van der Waals surface area (Å²) in [6.07, 6.45) is 3.95. The van der Waals surface area contributed by atoms with Crippen molar-refractivity contribution in [2.45, 2.75) is 38.7 Å². The molecule has 1 spiro atoms. The molecule has 2 heterocycles. The molecule has 2 saturated heterocycles. The van der Waals surface area contributed by atoms with Crippen LogP contribution in [0.1, 0.15) is 33.1 Å². The molecule has 0 amide bonds. The molecule has 2 N–H and O–H groups in total. The van der Waals surface area contributed by atoms with E-state index in [0.717, 1.165) is 19.6 Å². The lowest BCUT2D eigenvalue weighted by Gasteiger charge is -2.40. The SMILES string of the molecule is CC(C)(O)CN1CCC2(CCNC2)CC1. The van der Waals surface area contributed by atoms with E-state index in [-0.39, 0.29) is 0 Å². The van der Waals surface area contributed by atoms with Crippen molar-refractivity contribution in [2.24, 2.45) is 5.41 Å². The Hall–Kier alpha value is -0.120. The highest BCUT2D eigenvalue weighted by molar-refractivity contribution is 4.92. The van der Waals surface area contributed by atoms with Crippen LogP contribution in [0.15, 0.2) is 0 Å². The van der Waals surface area contributed by atoms with Gasteiger partial charge in [-0.15, -0.1) is 0 Å². The Bertz CT molecular complexity index is 206. The van der Waals surface area contributed by atoms with Crippen LogP contribution in [0.5, 0.6) is 0 Å². The van der Waals surface area contributed by atoms with Crippen molar-refractivity contribution < 1.29 is 5.11 Å². The highest BCUT2D eigenvalue weighted by Gasteiger charge is 2.37. The minimum atomic E-state index is -0.543. The van der Waals surface area contributed by atoms with E-state index in [0.29, 0.717) is 5.41 Å². The first-order chi connectivity index (χ1) is 6.99. The number of β-amino-alcohol motifs (C(OH)–C–C–N with tert-alkyl or cyclic N) is 1. The van der Waals surface area contributed by atoms with Gasteiger partial charge in [0.2, 0.25) is 0 Å². The Morgan fingerprint density at radius 2 is 1.93 bits per heavy atom. The smallest absolute Gasteiger partial charge is 0.0718 e. The fraction of sp³-hybridized carbons (Fsp3) is 1.00. The number of nitrogens with zero attached hydrogens (tertiary/aromatic N) is 1. The largest absolute Gasteiger partial charge is 0.389 e. The molecule has 0 saturated carbocycles. The minimum Gasteiger partial charge on any atom is -0.389 e. The summed E-state index contributed by atoms with van der Waals surface area (Å²) < 4.78 is 0. The van der Waals surface area contributed by atoms with Gasteiger partial charge in [-0.2, -0.15) is 0 Å². The zero-order valence-electron chi connectivity index (χ0n) is 10.1. The molecular formula is C12H24N2O. The van der Waals surface area contributed by atoms with Gasteiger partial charge in [0.1, 0.15) is 0 Å². The second-order valence-electron chi connectivity index (χ2n) is 6.02. The zero-order valence-corrected chi connectivity index (χ0v) is 10.1. The van der Waals surface area contributed by atoms with Crippen molar-refractivity contribution in [2.75, 3.05) is 32.7 Å². The van der Waals surface area contributed by atoms with Crippen LogP contribution in [0.3, 0.4) is 0 Å². The normalized spacial score (nSPS) is 27.4. The van der Waals surface area contributed by atoms with Crippen molar-refractivity contribution in [3.05, 3.63) is 0 Å². The van der Waals surface area contributed by atoms with Gasteiger partial charge in [-0.3, -0.25) is 0 Å². The van der Waals surface area contributed by atoms with E-state index >= 15 is 0 Å². The third kappa shape index (κ3) is 2.92. The summed E-state index contributed by atoms with van der Waals surface area (Å²) in [4.78, 5) is 2.41. The Kier molecular flexibility index (Phi) is 3.06. The third-order valence-corrected chi connectivity index (χ3v) is 3.86. The molecule has 0 radical (unpaired) electrons. The summed E-state index contributed by atoms with van der Waals surface area (Å²) in [6, 6.07) is 0. The lowest BCUT2D eigenvalue weighted by molar-refractivity contribution is 0.0133. The molecule has 0 aliphatic carbocycles. The van der Waals surface area contributed by atoms with Crippen LogP contribution in [0.4, 0.5) is 0 Å². The van der Waals surface area contributed by atoms with E-state index in [9.17, 15) is 5.11 Å². The van der Waals surface area contributed by atoms with Crippen molar-refractivity contribution >= 4 is 0 Å². The summed E-state index contributed by atoms with van der Waals surface area (Å²) in [5, 5.41) is 13.3. The molecule has 15 heavy (non-hydrogen) atoms. The number of nitrogens with one attached hydrogen (secondary N) is 1. The van der Waals surface area contributed by atoms with Crippen LogP contribution < -0.4 is 5.32 Å². The summed E-state index contributed by atoms with van der Waals surface area (Å²) in [7, 11) is 0. The predicted molar refractivity (Wildman–Crippen MR) is 61.9 cm³/mol. The highest BCUT2D eigenvalue weighted by atomic mass is 16.3. The molecule has 0 aromatic rings. The second kappa shape index (κ2) is 4.04. The number of rotatable bonds is 2. The molecule has 3 heteroatoms.